The fourth-order valence-electron chi connectivity index (χ4n) is 2.06. The number of ether oxygens (including phenoxy) is 3. The number of benzene rings is 2. The lowest BCUT2D eigenvalue weighted by Crippen LogP contribution is -2.23. The summed E-state index contributed by atoms with van der Waals surface area (Å²) < 4.78 is 15.8. The van der Waals surface area contributed by atoms with Crippen LogP contribution in [0.4, 0.5) is 5.69 Å². The minimum atomic E-state index is 0. The highest BCUT2D eigenvalue weighted by Gasteiger charge is 2.02. The number of anilines is 1. The Bertz CT molecular complexity index is 711. The molecule has 0 saturated carbocycles. The highest BCUT2D eigenvalue weighted by atomic mass is 127. The van der Waals surface area contributed by atoms with Gasteiger partial charge in [-0.25, -0.2) is 0 Å². The van der Waals surface area contributed by atoms with E-state index < -0.39 is 0 Å². The third-order valence-corrected chi connectivity index (χ3v) is 3.63. The Labute approximate surface area is 175 Å². The van der Waals surface area contributed by atoms with Gasteiger partial charge in [0.25, 0.3) is 0 Å². The van der Waals surface area contributed by atoms with Crippen LogP contribution in [-0.2, 0) is 0 Å². The normalized spacial score (nSPS) is 10.7. The van der Waals surface area contributed by atoms with Crippen LogP contribution in [0.1, 0.15) is 6.42 Å². The molecule has 0 bridgehead atoms. The van der Waals surface area contributed by atoms with E-state index in [9.17, 15) is 0 Å². The van der Waals surface area contributed by atoms with Gasteiger partial charge >= 0.3 is 0 Å². The first-order chi connectivity index (χ1) is 12.1. The Morgan fingerprint density at radius 2 is 1.77 bits per heavy atom. The number of rotatable bonds is 8. The molecule has 0 spiro atoms. The number of halogens is 2. The van der Waals surface area contributed by atoms with Gasteiger partial charge < -0.3 is 25.3 Å². The number of guanidine groups is 1. The summed E-state index contributed by atoms with van der Waals surface area (Å²) in [5.74, 6) is 2.53. The summed E-state index contributed by atoms with van der Waals surface area (Å²) in [6.45, 7) is 1.11. The molecule has 0 aliphatic rings. The molecule has 0 unspecified atom stereocenters. The van der Waals surface area contributed by atoms with Crippen molar-refractivity contribution in [3.05, 3.63) is 47.5 Å². The Balaban J connectivity index is 0.00000338. The summed E-state index contributed by atoms with van der Waals surface area (Å²) in [4.78, 5) is 4.26. The molecule has 2 aromatic rings. The van der Waals surface area contributed by atoms with Crippen molar-refractivity contribution in [3.8, 4) is 17.2 Å². The Morgan fingerprint density at radius 3 is 2.38 bits per heavy atom. The maximum Gasteiger partial charge on any atom is 0.193 e. The predicted octanol–water partition coefficient (Wildman–Crippen LogP) is 4.17. The average molecular weight is 492 g/mol. The van der Waals surface area contributed by atoms with Crippen LogP contribution in [-0.4, -0.2) is 33.3 Å². The lowest BCUT2D eigenvalue weighted by atomic mass is 10.3. The topological polar surface area (TPSA) is 78.1 Å². The van der Waals surface area contributed by atoms with Crippen molar-refractivity contribution in [2.45, 2.75) is 6.42 Å². The summed E-state index contributed by atoms with van der Waals surface area (Å²) in [6, 6.07) is 12.8. The molecular weight excluding hydrogens is 469 g/mol. The Hall–Kier alpha value is -1.87. The molecular formula is C18H23ClIN3O3. The first-order valence-corrected chi connectivity index (χ1v) is 8.17. The molecule has 0 fully saturated rings. The largest absolute Gasteiger partial charge is 0.497 e. The lowest BCUT2D eigenvalue weighted by molar-refractivity contribution is 0.313. The van der Waals surface area contributed by atoms with Crippen LogP contribution in [0.15, 0.2) is 47.5 Å². The van der Waals surface area contributed by atoms with Gasteiger partial charge in [-0.3, -0.25) is 4.99 Å². The summed E-state index contributed by atoms with van der Waals surface area (Å²) in [5, 5.41) is 3.50. The van der Waals surface area contributed by atoms with Crippen LogP contribution >= 0.6 is 35.6 Å². The van der Waals surface area contributed by atoms with Gasteiger partial charge in [0, 0.05) is 18.7 Å². The predicted molar refractivity (Wildman–Crippen MR) is 117 cm³/mol. The van der Waals surface area contributed by atoms with Gasteiger partial charge in [0.05, 0.1) is 25.8 Å². The van der Waals surface area contributed by atoms with Crippen molar-refractivity contribution < 1.29 is 14.2 Å². The number of hydrogen-bond acceptors (Lipinski definition) is 4. The first-order valence-electron chi connectivity index (χ1n) is 7.79. The van der Waals surface area contributed by atoms with Gasteiger partial charge in [0.2, 0.25) is 0 Å². The van der Waals surface area contributed by atoms with Crippen molar-refractivity contribution in [1.29, 1.82) is 0 Å². The second-order valence-electron chi connectivity index (χ2n) is 5.12. The average Bonchev–Trinajstić information content (AvgIpc) is 2.62. The molecule has 0 radical (unpaired) electrons. The van der Waals surface area contributed by atoms with E-state index in [-0.39, 0.29) is 24.0 Å². The maximum atomic E-state index is 6.07. The van der Waals surface area contributed by atoms with Crippen LogP contribution in [0.3, 0.4) is 0 Å². The standard InChI is InChI=1S/C18H22ClN3O3.HI/c1-23-14-5-7-15(8-6-14)25-11-3-10-21-18(20)22-13-4-9-17(24-2)16(19)12-13;/h4-9,12H,3,10-11H2,1-2H3,(H3,20,21,22);1H. The van der Waals surface area contributed by atoms with Gasteiger partial charge in [-0.1, -0.05) is 11.6 Å². The third-order valence-electron chi connectivity index (χ3n) is 3.34. The van der Waals surface area contributed by atoms with Crippen LogP contribution in [0.5, 0.6) is 17.2 Å². The van der Waals surface area contributed by atoms with Crippen molar-refractivity contribution in [3.63, 3.8) is 0 Å². The van der Waals surface area contributed by atoms with E-state index in [0.717, 1.165) is 23.6 Å². The molecule has 8 heteroatoms. The van der Waals surface area contributed by atoms with E-state index in [1.807, 2.05) is 30.3 Å². The fraction of sp³-hybridized carbons (Fsp3) is 0.278. The van der Waals surface area contributed by atoms with Crippen LogP contribution in [0.25, 0.3) is 0 Å². The minimum Gasteiger partial charge on any atom is -0.497 e. The molecule has 0 atom stereocenters. The molecule has 26 heavy (non-hydrogen) atoms. The molecule has 0 aliphatic carbocycles. The van der Waals surface area contributed by atoms with Gasteiger partial charge in [-0.15, -0.1) is 24.0 Å². The lowest BCUT2D eigenvalue weighted by Gasteiger charge is -2.09. The molecule has 2 rings (SSSR count). The minimum absolute atomic E-state index is 0. The van der Waals surface area contributed by atoms with Gasteiger partial charge in [-0.05, 0) is 42.5 Å². The van der Waals surface area contributed by atoms with Gasteiger partial charge in [-0.2, -0.15) is 0 Å². The summed E-state index contributed by atoms with van der Waals surface area (Å²) in [7, 11) is 3.20. The van der Waals surface area contributed by atoms with E-state index in [4.69, 9.17) is 31.5 Å². The molecule has 0 heterocycles. The number of nitrogens with one attached hydrogen (secondary N) is 1. The first kappa shape index (κ1) is 22.2. The van der Waals surface area contributed by atoms with Crippen molar-refractivity contribution in [1.82, 2.24) is 0 Å². The van der Waals surface area contributed by atoms with Crippen LogP contribution < -0.4 is 25.3 Å². The third kappa shape index (κ3) is 7.17. The molecule has 6 nitrogen and oxygen atoms in total. The highest BCUT2D eigenvalue weighted by molar-refractivity contribution is 14.0. The zero-order chi connectivity index (χ0) is 18.1. The second kappa shape index (κ2) is 11.7. The zero-order valence-electron chi connectivity index (χ0n) is 14.7. The molecule has 0 amide bonds. The number of hydrogen-bond donors (Lipinski definition) is 2. The van der Waals surface area contributed by atoms with Crippen molar-refractivity contribution in [2.75, 3.05) is 32.7 Å². The summed E-state index contributed by atoms with van der Waals surface area (Å²) in [5.41, 5.74) is 6.61. The second-order valence-corrected chi connectivity index (χ2v) is 5.53. The quantitative estimate of drug-likeness (QED) is 0.251. The van der Waals surface area contributed by atoms with Crippen molar-refractivity contribution in [2.24, 2.45) is 10.7 Å². The molecule has 2 aromatic carbocycles. The monoisotopic (exact) mass is 491 g/mol. The Kier molecular flexibility index (Phi) is 9.97. The highest BCUT2D eigenvalue weighted by Crippen LogP contribution is 2.27. The van der Waals surface area contributed by atoms with E-state index in [0.29, 0.717) is 29.9 Å². The van der Waals surface area contributed by atoms with E-state index in [1.54, 1.807) is 26.4 Å². The number of methoxy groups -OCH3 is 2. The SMILES string of the molecule is COc1ccc(OCCCN=C(N)Nc2ccc(OC)c(Cl)c2)cc1.I. The number of nitrogens with zero attached hydrogens (tertiary/aromatic N) is 1. The Morgan fingerprint density at radius 1 is 1.08 bits per heavy atom. The molecule has 0 aromatic heterocycles. The van der Waals surface area contributed by atoms with Crippen molar-refractivity contribution >= 4 is 47.2 Å². The fourth-order valence-corrected chi connectivity index (χ4v) is 2.32. The maximum absolute atomic E-state index is 6.07. The van der Waals surface area contributed by atoms with E-state index in [2.05, 4.69) is 10.3 Å². The molecule has 142 valence electrons. The smallest absolute Gasteiger partial charge is 0.193 e. The van der Waals surface area contributed by atoms with Crippen LogP contribution in [0.2, 0.25) is 5.02 Å². The number of aliphatic imine (C=N–C) groups is 1. The summed E-state index contributed by atoms with van der Waals surface area (Å²) in [6.07, 6.45) is 0.748. The zero-order valence-corrected chi connectivity index (χ0v) is 17.8. The molecule has 3 N–H and O–H groups in total. The van der Waals surface area contributed by atoms with E-state index >= 15 is 0 Å². The van der Waals surface area contributed by atoms with Gasteiger partial charge in [0.15, 0.2) is 5.96 Å². The van der Waals surface area contributed by atoms with Crippen LogP contribution in [0, 0.1) is 0 Å². The van der Waals surface area contributed by atoms with E-state index in [1.165, 1.54) is 0 Å². The molecule has 0 saturated heterocycles. The van der Waals surface area contributed by atoms with Gasteiger partial charge in [0.1, 0.15) is 17.2 Å². The molecule has 0 aliphatic heterocycles. The number of nitrogens with two attached hydrogens (primary N) is 1. The summed E-state index contributed by atoms with van der Waals surface area (Å²) >= 11 is 6.07.